The van der Waals surface area contributed by atoms with Crippen molar-refractivity contribution in [2.75, 3.05) is 39.3 Å². The minimum absolute atomic E-state index is 0.0653. The predicted molar refractivity (Wildman–Crippen MR) is 81.6 cm³/mol. The molecular formula is C15H28N4O2. The van der Waals surface area contributed by atoms with Crippen molar-refractivity contribution < 1.29 is 9.59 Å². The van der Waals surface area contributed by atoms with Crippen molar-refractivity contribution in [3.63, 3.8) is 0 Å². The Morgan fingerprint density at radius 2 is 1.90 bits per heavy atom. The Kier molecular flexibility index (Phi) is 5.99. The molecule has 0 spiro atoms. The third-order valence-electron chi connectivity index (χ3n) is 4.49. The third kappa shape index (κ3) is 4.68. The van der Waals surface area contributed by atoms with Crippen LogP contribution in [0.25, 0.3) is 0 Å². The summed E-state index contributed by atoms with van der Waals surface area (Å²) in [5, 5.41) is 2.81. The zero-order valence-corrected chi connectivity index (χ0v) is 13.0. The fraction of sp³-hybridized carbons (Fsp3) is 0.867. The van der Waals surface area contributed by atoms with Gasteiger partial charge < -0.3 is 16.0 Å². The Labute approximate surface area is 127 Å². The Bertz CT molecular complexity index is 367. The van der Waals surface area contributed by atoms with Gasteiger partial charge in [0.25, 0.3) is 0 Å². The maximum Gasteiger partial charge on any atom is 0.234 e. The first-order valence-corrected chi connectivity index (χ1v) is 8.13. The zero-order chi connectivity index (χ0) is 15.2. The first-order chi connectivity index (χ1) is 10.1. The molecule has 0 aromatic heterocycles. The highest BCUT2D eigenvalue weighted by molar-refractivity contribution is 5.79. The minimum atomic E-state index is 0.0653. The van der Waals surface area contributed by atoms with E-state index in [0.29, 0.717) is 13.1 Å². The van der Waals surface area contributed by atoms with Crippen molar-refractivity contribution in [1.29, 1.82) is 0 Å². The lowest BCUT2D eigenvalue weighted by molar-refractivity contribution is -0.138. The zero-order valence-electron chi connectivity index (χ0n) is 13.0. The summed E-state index contributed by atoms with van der Waals surface area (Å²) in [6.07, 6.45) is 3.92. The number of amides is 2. The Morgan fingerprint density at radius 3 is 2.52 bits per heavy atom. The van der Waals surface area contributed by atoms with Gasteiger partial charge in [0.2, 0.25) is 11.8 Å². The van der Waals surface area contributed by atoms with Crippen LogP contribution in [0.2, 0.25) is 0 Å². The van der Waals surface area contributed by atoms with Crippen LogP contribution in [0, 0.1) is 5.92 Å². The largest absolute Gasteiger partial charge is 0.355 e. The molecule has 21 heavy (non-hydrogen) atoms. The Hall–Kier alpha value is -1.14. The van der Waals surface area contributed by atoms with E-state index in [1.54, 1.807) is 0 Å². The van der Waals surface area contributed by atoms with E-state index < -0.39 is 0 Å². The number of carbonyl (C=O) groups excluding carboxylic acids is 2. The van der Waals surface area contributed by atoms with E-state index in [9.17, 15) is 9.59 Å². The van der Waals surface area contributed by atoms with E-state index >= 15 is 0 Å². The number of likely N-dealkylation sites (N-methyl/N-ethyl adjacent to an activating group) is 1. The van der Waals surface area contributed by atoms with Crippen LogP contribution in [0.1, 0.15) is 32.6 Å². The maximum absolute atomic E-state index is 12.5. The molecular weight excluding hydrogens is 268 g/mol. The average molecular weight is 296 g/mol. The van der Waals surface area contributed by atoms with Crippen LogP contribution < -0.4 is 11.1 Å². The molecule has 0 aromatic rings. The number of nitrogens with zero attached hydrogens (tertiary/aromatic N) is 2. The summed E-state index contributed by atoms with van der Waals surface area (Å²) in [7, 11) is 0. The highest BCUT2D eigenvalue weighted by Gasteiger charge is 2.30. The number of nitrogens with two attached hydrogens (primary N) is 1. The van der Waals surface area contributed by atoms with E-state index in [1.165, 1.54) is 0 Å². The van der Waals surface area contributed by atoms with Gasteiger partial charge in [-0.3, -0.25) is 14.5 Å². The van der Waals surface area contributed by atoms with Crippen molar-refractivity contribution >= 4 is 11.8 Å². The second-order valence-electron chi connectivity index (χ2n) is 6.18. The van der Waals surface area contributed by atoms with Crippen LogP contribution >= 0.6 is 0 Å². The molecule has 1 heterocycles. The van der Waals surface area contributed by atoms with Gasteiger partial charge in [0, 0.05) is 44.7 Å². The van der Waals surface area contributed by atoms with Crippen molar-refractivity contribution in [1.82, 2.24) is 15.1 Å². The summed E-state index contributed by atoms with van der Waals surface area (Å²) in [5.74, 6) is 0.446. The predicted octanol–water partition coefficient (Wildman–Crippen LogP) is -0.216. The summed E-state index contributed by atoms with van der Waals surface area (Å²) in [6, 6.07) is 0.187. The molecule has 0 radical (unpaired) electrons. The van der Waals surface area contributed by atoms with Crippen molar-refractivity contribution in [3.8, 4) is 0 Å². The minimum Gasteiger partial charge on any atom is -0.355 e. The van der Waals surface area contributed by atoms with E-state index in [4.69, 9.17) is 5.73 Å². The normalized spacial score (nSPS) is 27.4. The highest BCUT2D eigenvalue weighted by atomic mass is 16.2. The topological polar surface area (TPSA) is 78.7 Å². The molecule has 0 aromatic carbocycles. The fourth-order valence-corrected chi connectivity index (χ4v) is 3.29. The number of carbonyl (C=O) groups is 2. The van der Waals surface area contributed by atoms with Crippen molar-refractivity contribution in [3.05, 3.63) is 0 Å². The van der Waals surface area contributed by atoms with E-state index in [1.807, 2.05) is 11.8 Å². The summed E-state index contributed by atoms with van der Waals surface area (Å²) in [5.41, 5.74) is 5.97. The SMILES string of the molecule is CCNC(=O)CN1CCN(C(=O)C2CCCC(N)C2)CC1. The van der Waals surface area contributed by atoms with Gasteiger partial charge in [0.05, 0.1) is 6.54 Å². The van der Waals surface area contributed by atoms with Crippen LogP contribution in [0.3, 0.4) is 0 Å². The average Bonchev–Trinajstić information content (AvgIpc) is 2.47. The first kappa shape index (κ1) is 16.2. The van der Waals surface area contributed by atoms with Gasteiger partial charge in [-0.15, -0.1) is 0 Å². The molecule has 6 heteroatoms. The third-order valence-corrected chi connectivity index (χ3v) is 4.49. The van der Waals surface area contributed by atoms with Crippen molar-refractivity contribution in [2.24, 2.45) is 11.7 Å². The van der Waals surface area contributed by atoms with Gasteiger partial charge in [0.15, 0.2) is 0 Å². The molecule has 1 aliphatic heterocycles. The Morgan fingerprint density at radius 1 is 1.19 bits per heavy atom. The monoisotopic (exact) mass is 296 g/mol. The smallest absolute Gasteiger partial charge is 0.234 e. The molecule has 0 bridgehead atoms. The van der Waals surface area contributed by atoms with Crippen LogP contribution in [0.5, 0.6) is 0 Å². The van der Waals surface area contributed by atoms with Gasteiger partial charge in [-0.25, -0.2) is 0 Å². The standard InChI is InChI=1S/C15H28N4O2/c1-2-17-14(20)11-18-6-8-19(9-7-18)15(21)12-4-3-5-13(16)10-12/h12-13H,2-11,16H2,1H3,(H,17,20). The quantitative estimate of drug-likeness (QED) is 0.752. The summed E-state index contributed by atoms with van der Waals surface area (Å²) in [6.45, 7) is 6.03. The van der Waals surface area contributed by atoms with E-state index in [0.717, 1.165) is 51.9 Å². The molecule has 1 saturated carbocycles. The summed E-state index contributed by atoms with van der Waals surface area (Å²) in [4.78, 5) is 28.1. The second kappa shape index (κ2) is 7.75. The van der Waals surface area contributed by atoms with Gasteiger partial charge >= 0.3 is 0 Å². The summed E-state index contributed by atoms with van der Waals surface area (Å²) < 4.78 is 0. The van der Waals surface area contributed by atoms with Crippen molar-refractivity contribution in [2.45, 2.75) is 38.6 Å². The molecule has 1 saturated heterocycles. The number of hydrogen-bond acceptors (Lipinski definition) is 4. The molecule has 6 nitrogen and oxygen atoms in total. The first-order valence-electron chi connectivity index (χ1n) is 8.13. The van der Waals surface area contributed by atoms with E-state index in [2.05, 4.69) is 10.2 Å². The molecule has 2 amide bonds. The van der Waals surface area contributed by atoms with Crippen LogP contribution in [0.4, 0.5) is 0 Å². The molecule has 2 fully saturated rings. The van der Waals surface area contributed by atoms with E-state index in [-0.39, 0.29) is 23.8 Å². The molecule has 2 unspecified atom stereocenters. The number of rotatable bonds is 4. The fourth-order valence-electron chi connectivity index (χ4n) is 3.29. The lowest BCUT2D eigenvalue weighted by atomic mass is 9.85. The van der Waals surface area contributed by atoms with Gasteiger partial charge in [-0.1, -0.05) is 6.42 Å². The molecule has 2 aliphatic rings. The van der Waals surface area contributed by atoms with Crippen LogP contribution in [-0.4, -0.2) is 66.9 Å². The van der Waals surface area contributed by atoms with Crippen LogP contribution in [0.15, 0.2) is 0 Å². The number of piperazine rings is 1. The van der Waals surface area contributed by atoms with Gasteiger partial charge in [-0.2, -0.15) is 0 Å². The highest BCUT2D eigenvalue weighted by Crippen LogP contribution is 2.25. The molecule has 120 valence electrons. The van der Waals surface area contributed by atoms with Gasteiger partial charge in [0.1, 0.15) is 0 Å². The molecule has 2 rings (SSSR count). The Balaban J connectivity index is 1.75. The second-order valence-corrected chi connectivity index (χ2v) is 6.18. The molecule has 2 atom stereocenters. The van der Waals surface area contributed by atoms with Crippen LogP contribution in [-0.2, 0) is 9.59 Å². The maximum atomic E-state index is 12.5. The molecule has 3 N–H and O–H groups in total. The lowest BCUT2D eigenvalue weighted by Crippen LogP contribution is -2.53. The lowest BCUT2D eigenvalue weighted by Gasteiger charge is -2.37. The van der Waals surface area contributed by atoms with Gasteiger partial charge in [-0.05, 0) is 26.2 Å². The summed E-state index contributed by atoms with van der Waals surface area (Å²) >= 11 is 0. The number of hydrogen-bond donors (Lipinski definition) is 2. The molecule has 1 aliphatic carbocycles. The number of nitrogens with one attached hydrogen (secondary N) is 1.